The maximum absolute atomic E-state index is 12.7. The van der Waals surface area contributed by atoms with Crippen LogP contribution in [0.4, 0.5) is 16.5 Å². The molecule has 0 aliphatic rings. The summed E-state index contributed by atoms with van der Waals surface area (Å²) in [6.07, 6.45) is 3.50. The number of pyridine rings is 1. The van der Waals surface area contributed by atoms with Gasteiger partial charge in [0.15, 0.2) is 5.13 Å². The largest absolute Gasteiger partial charge is 0.331 e. The van der Waals surface area contributed by atoms with Gasteiger partial charge in [0.05, 0.1) is 5.69 Å². The summed E-state index contributed by atoms with van der Waals surface area (Å²) in [5, 5.41) is 9.02. The molecule has 1 amide bonds. The number of rotatable bonds is 5. The molecule has 5 nitrogen and oxygen atoms in total. The molecule has 0 radical (unpaired) electrons. The number of halogens is 1. The Morgan fingerprint density at radius 3 is 2.69 bits per heavy atom. The molecule has 144 valence electrons. The van der Waals surface area contributed by atoms with Crippen LogP contribution in [0.1, 0.15) is 15.9 Å². The second-order valence-corrected chi connectivity index (χ2v) is 8.17. The van der Waals surface area contributed by atoms with Gasteiger partial charge in [-0.1, -0.05) is 28.1 Å². The third kappa shape index (κ3) is 4.70. The third-order valence-electron chi connectivity index (χ3n) is 4.30. The number of benzene rings is 2. The highest BCUT2D eigenvalue weighted by atomic mass is 79.9. The van der Waals surface area contributed by atoms with Crippen LogP contribution < -0.4 is 10.6 Å². The number of aromatic nitrogens is 2. The number of hydrogen-bond donors (Lipinski definition) is 2. The summed E-state index contributed by atoms with van der Waals surface area (Å²) in [6.45, 7) is 2.00. The molecule has 4 aromatic rings. The molecule has 0 atom stereocenters. The fourth-order valence-corrected chi connectivity index (χ4v) is 3.90. The molecule has 0 bridgehead atoms. The Morgan fingerprint density at radius 1 is 1.07 bits per heavy atom. The minimum atomic E-state index is -0.164. The van der Waals surface area contributed by atoms with Crippen molar-refractivity contribution in [1.29, 1.82) is 0 Å². The van der Waals surface area contributed by atoms with Crippen molar-refractivity contribution in [3.8, 4) is 11.3 Å². The summed E-state index contributed by atoms with van der Waals surface area (Å²) in [7, 11) is 0. The summed E-state index contributed by atoms with van der Waals surface area (Å²) in [5.41, 5.74) is 5.10. The number of nitrogens with one attached hydrogen (secondary N) is 2. The molecular weight excluding hydrogens is 448 g/mol. The molecule has 0 spiro atoms. The van der Waals surface area contributed by atoms with Gasteiger partial charge >= 0.3 is 0 Å². The van der Waals surface area contributed by atoms with Crippen molar-refractivity contribution in [1.82, 2.24) is 9.97 Å². The number of carbonyl (C=O) groups is 1. The van der Waals surface area contributed by atoms with Gasteiger partial charge in [0.25, 0.3) is 5.91 Å². The fraction of sp³-hybridized carbons (Fsp3) is 0.0455. The highest BCUT2D eigenvalue weighted by molar-refractivity contribution is 9.10. The average Bonchev–Trinajstić information content (AvgIpc) is 3.19. The Kier molecular flexibility index (Phi) is 5.69. The molecule has 0 aliphatic heterocycles. The first kappa shape index (κ1) is 19.3. The van der Waals surface area contributed by atoms with E-state index < -0.39 is 0 Å². The molecule has 2 aromatic heterocycles. The highest BCUT2D eigenvalue weighted by Crippen LogP contribution is 2.28. The monoisotopic (exact) mass is 464 g/mol. The Bertz CT molecular complexity index is 1160. The van der Waals surface area contributed by atoms with E-state index in [-0.39, 0.29) is 5.91 Å². The van der Waals surface area contributed by atoms with Crippen LogP contribution in [0.15, 0.2) is 76.8 Å². The molecule has 0 aliphatic carbocycles. The lowest BCUT2D eigenvalue weighted by atomic mass is 10.1. The minimum Gasteiger partial charge on any atom is -0.331 e. The van der Waals surface area contributed by atoms with Crippen LogP contribution in [-0.4, -0.2) is 15.9 Å². The van der Waals surface area contributed by atoms with Gasteiger partial charge in [-0.15, -0.1) is 11.3 Å². The van der Waals surface area contributed by atoms with Gasteiger partial charge in [0.2, 0.25) is 0 Å². The number of nitrogens with zero attached hydrogens (tertiary/aromatic N) is 2. The minimum absolute atomic E-state index is 0.164. The van der Waals surface area contributed by atoms with Gasteiger partial charge in [-0.05, 0) is 55.0 Å². The summed E-state index contributed by atoms with van der Waals surface area (Å²) >= 11 is 4.93. The zero-order valence-corrected chi connectivity index (χ0v) is 17.9. The van der Waals surface area contributed by atoms with Crippen molar-refractivity contribution in [2.45, 2.75) is 6.92 Å². The third-order valence-corrected chi connectivity index (χ3v) is 5.56. The van der Waals surface area contributed by atoms with Crippen LogP contribution in [0.25, 0.3) is 11.3 Å². The van der Waals surface area contributed by atoms with Crippen LogP contribution in [0.3, 0.4) is 0 Å². The van der Waals surface area contributed by atoms with E-state index in [0.29, 0.717) is 5.56 Å². The van der Waals surface area contributed by atoms with E-state index in [2.05, 4.69) is 36.5 Å². The summed E-state index contributed by atoms with van der Waals surface area (Å²) in [6, 6.07) is 17.0. The van der Waals surface area contributed by atoms with Crippen LogP contribution in [-0.2, 0) is 0 Å². The standard InChI is InChI=1S/C22H17BrN4OS/c1-14-5-6-16(21(28)25-18-4-2-3-17(23)12-18)11-19(14)26-22-27-20(13-29-22)15-7-9-24-10-8-15/h2-13H,1H3,(H,25,28)(H,26,27). The lowest BCUT2D eigenvalue weighted by molar-refractivity contribution is 0.102. The first-order valence-corrected chi connectivity index (χ1v) is 10.6. The molecule has 2 heterocycles. The Labute approximate surface area is 181 Å². The predicted molar refractivity (Wildman–Crippen MR) is 122 cm³/mol. The molecular formula is C22H17BrN4OS. The molecule has 0 saturated heterocycles. The van der Waals surface area contributed by atoms with Gasteiger partial charge < -0.3 is 10.6 Å². The normalized spacial score (nSPS) is 10.6. The molecule has 2 N–H and O–H groups in total. The van der Waals surface area contributed by atoms with Crippen LogP contribution in [0, 0.1) is 6.92 Å². The van der Waals surface area contributed by atoms with E-state index in [1.165, 1.54) is 11.3 Å². The topological polar surface area (TPSA) is 66.9 Å². The predicted octanol–water partition coefficient (Wildman–Crippen LogP) is 6.27. The molecule has 29 heavy (non-hydrogen) atoms. The van der Waals surface area contributed by atoms with Crippen molar-refractivity contribution >= 4 is 49.7 Å². The van der Waals surface area contributed by atoms with Gasteiger partial charge in [-0.2, -0.15) is 0 Å². The molecule has 7 heteroatoms. The maximum Gasteiger partial charge on any atom is 0.255 e. The Hall–Kier alpha value is -3.03. The van der Waals surface area contributed by atoms with Crippen molar-refractivity contribution < 1.29 is 4.79 Å². The second kappa shape index (κ2) is 8.55. The van der Waals surface area contributed by atoms with Crippen LogP contribution in [0.5, 0.6) is 0 Å². The van der Waals surface area contributed by atoms with E-state index in [1.807, 2.05) is 66.9 Å². The maximum atomic E-state index is 12.7. The molecule has 0 saturated carbocycles. The van der Waals surface area contributed by atoms with Gasteiger partial charge in [-0.25, -0.2) is 4.98 Å². The number of anilines is 3. The summed E-state index contributed by atoms with van der Waals surface area (Å²) < 4.78 is 0.912. The quantitative estimate of drug-likeness (QED) is 0.365. The van der Waals surface area contributed by atoms with Crippen molar-refractivity contribution in [3.63, 3.8) is 0 Å². The van der Waals surface area contributed by atoms with E-state index in [9.17, 15) is 4.79 Å². The molecule has 0 unspecified atom stereocenters. The van der Waals surface area contributed by atoms with E-state index in [0.717, 1.165) is 37.8 Å². The Balaban J connectivity index is 1.53. The SMILES string of the molecule is Cc1ccc(C(=O)Nc2cccc(Br)c2)cc1Nc1nc(-c2ccncc2)cs1. The molecule has 2 aromatic carbocycles. The van der Waals surface area contributed by atoms with Crippen molar-refractivity contribution in [2.75, 3.05) is 10.6 Å². The summed E-state index contributed by atoms with van der Waals surface area (Å²) in [4.78, 5) is 21.3. The number of amides is 1. The van der Waals surface area contributed by atoms with Gasteiger partial charge in [0, 0.05) is 44.7 Å². The van der Waals surface area contributed by atoms with Crippen LogP contribution in [0.2, 0.25) is 0 Å². The number of thiazole rings is 1. The second-order valence-electron chi connectivity index (χ2n) is 6.39. The van der Waals surface area contributed by atoms with E-state index >= 15 is 0 Å². The lowest BCUT2D eigenvalue weighted by Crippen LogP contribution is -2.12. The van der Waals surface area contributed by atoms with Crippen LogP contribution >= 0.6 is 27.3 Å². The highest BCUT2D eigenvalue weighted by Gasteiger charge is 2.11. The van der Waals surface area contributed by atoms with E-state index in [1.54, 1.807) is 12.4 Å². The molecule has 0 fully saturated rings. The Morgan fingerprint density at radius 2 is 1.90 bits per heavy atom. The van der Waals surface area contributed by atoms with Gasteiger partial charge in [-0.3, -0.25) is 9.78 Å². The number of aryl methyl sites for hydroxylation is 1. The van der Waals surface area contributed by atoms with Crippen molar-refractivity contribution in [2.24, 2.45) is 0 Å². The summed E-state index contributed by atoms with van der Waals surface area (Å²) in [5.74, 6) is -0.164. The zero-order valence-electron chi connectivity index (χ0n) is 15.5. The fourth-order valence-electron chi connectivity index (χ4n) is 2.77. The average molecular weight is 465 g/mol. The lowest BCUT2D eigenvalue weighted by Gasteiger charge is -2.10. The van der Waals surface area contributed by atoms with Gasteiger partial charge in [0.1, 0.15) is 0 Å². The molecule has 4 rings (SSSR count). The zero-order chi connectivity index (χ0) is 20.2. The first-order valence-electron chi connectivity index (χ1n) is 8.89. The van der Waals surface area contributed by atoms with Crippen molar-refractivity contribution in [3.05, 3.63) is 88.0 Å². The first-order chi connectivity index (χ1) is 14.1. The number of hydrogen-bond acceptors (Lipinski definition) is 5. The smallest absolute Gasteiger partial charge is 0.255 e. The number of carbonyl (C=O) groups excluding carboxylic acids is 1. The van der Waals surface area contributed by atoms with E-state index in [4.69, 9.17) is 0 Å².